The average Bonchev–Trinajstić information content (AvgIpc) is 3.16. The van der Waals surface area contributed by atoms with E-state index in [1.165, 1.54) is 5.39 Å². The van der Waals surface area contributed by atoms with Crippen LogP contribution in [0.15, 0.2) is 72.8 Å². The van der Waals surface area contributed by atoms with Crippen molar-refractivity contribution in [2.75, 3.05) is 0 Å². The van der Waals surface area contributed by atoms with Crippen molar-refractivity contribution >= 4 is 36.0 Å². The quantitative estimate of drug-likeness (QED) is 0.296. The lowest BCUT2D eigenvalue weighted by molar-refractivity contribution is 0.00578. The van der Waals surface area contributed by atoms with Gasteiger partial charge in [-0.3, -0.25) is 0 Å². The molecule has 0 aromatic heterocycles. The molecular weight excluding hydrogens is 446 g/mol. The molecule has 6 heteroatoms. The predicted octanol–water partition coefficient (Wildman–Crippen LogP) is 7.01. The van der Waals surface area contributed by atoms with Gasteiger partial charge in [0.1, 0.15) is 0 Å². The van der Waals surface area contributed by atoms with Crippen LogP contribution in [0.5, 0.6) is 0 Å². The van der Waals surface area contributed by atoms with E-state index in [4.69, 9.17) is 18.6 Å². The van der Waals surface area contributed by atoms with Crippen molar-refractivity contribution in [3.05, 3.63) is 83.9 Å². The van der Waals surface area contributed by atoms with Gasteiger partial charge < -0.3 is 18.6 Å². The first-order valence-corrected chi connectivity index (χ1v) is 12.8. The van der Waals surface area contributed by atoms with E-state index in [1.54, 1.807) is 0 Å². The minimum Gasteiger partial charge on any atom is -0.399 e. The predicted molar refractivity (Wildman–Crippen MR) is 149 cm³/mol. The second kappa shape index (κ2) is 8.59. The summed E-state index contributed by atoms with van der Waals surface area (Å²) >= 11 is 0. The smallest absolute Gasteiger partial charge is 0.399 e. The van der Waals surface area contributed by atoms with Gasteiger partial charge in [0.05, 0.1) is 22.4 Å². The summed E-state index contributed by atoms with van der Waals surface area (Å²) in [6.45, 7) is 16.7. The minimum atomic E-state index is -0.592. The fourth-order valence-corrected chi connectivity index (χ4v) is 4.73. The van der Waals surface area contributed by atoms with Crippen LogP contribution in [0.4, 0.5) is 0 Å². The molecule has 2 saturated heterocycles. The maximum Gasteiger partial charge on any atom is 0.495 e. The van der Waals surface area contributed by atoms with Gasteiger partial charge in [0.15, 0.2) is 0 Å². The molecular formula is C30H36B2O4. The second-order valence-corrected chi connectivity index (χ2v) is 11.9. The van der Waals surface area contributed by atoms with Gasteiger partial charge >= 0.3 is 14.2 Å². The highest BCUT2D eigenvalue weighted by atomic mass is 16.7. The molecule has 3 aromatic carbocycles. The van der Waals surface area contributed by atoms with Crippen molar-refractivity contribution in [2.45, 2.75) is 77.8 Å². The van der Waals surface area contributed by atoms with Crippen LogP contribution in [-0.4, -0.2) is 36.6 Å². The van der Waals surface area contributed by atoms with Crippen molar-refractivity contribution < 1.29 is 18.6 Å². The summed E-state index contributed by atoms with van der Waals surface area (Å²) in [4.78, 5) is 0. The molecule has 0 aliphatic carbocycles. The highest BCUT2D eigenvalue weighted by Crippen LogP contribution is 2.47. The topological polar surface area (TPSA) is 36.9 Å². The Morgan fingerprint density at radius 3 is 1.39 bits per heavy atom. The Labute approximate surface area is 216 Å². The maximum atomic E-state index is 6.67. The van der Waals surface area contributed by atoms with Gasteiger partial charge in [0, 0.05) is 0 Å². The Hall–Kier alpha value is -2.37. The molecule has 0 unspecified atom stereocenters. The van der Waals surface area contributed by atoms with E-state index < -0.39 is 36.6 Å². The van der Waals surface area contributed by atoms with Crippen molar-refractivity contribution in [1.29, 1.82) is 0 Å². The summed E-state index contributed by atoms with van der Waals surface area (Å²) in [7, 11) is -1.18. The summed E-state index contributed by atoms with van der Waals surface area (Å²) in [5.74, 6) is 0. The summed E-state index contributed by atoms with van der Waals surface area (Å²) in [5, 5.41) is 2.34. The molecule has 0 amide bonds. The first-order valence-electron chi connectivity index (χ1n) is 12.8. The highest BCUT2D eigenvalue weighted by Gasteiger charge is 2.57. The monoisotopic (exact) mass is 482 g/mol. The molecule has 2 aliphatic heterocycles. The number of fused-ring (bicyclic) bond motifs is 1. The van der Waals surface area contributed by atoms with Crippen LogP contribution in [0.3, 0.4) is 0 Å². The molecule has 3 aromatic rings. The van der Waals surface area contributed by atoms with Gasteiger partial charge in [-0.2, -0.15) is 0 Å². The molecule has 2 aliphatic rings. The van der Waals surface area contributed by atoms with Gasteiger partial charge in [-0.05, 0) is 94.3 Å². The number of rotatable bonds is 4. The summed E-state index contributed by atoms with van der Waals surface area (Å²) in [6.07, 6.45) is 0. The van der Waals surface area contributed by atoms with E-state index in [2.05, 4.69) is 110 Å². The second-order valence-electron chi connectivity index (χ2n) is 11.9. The lowest BCUT2D eigenvalue weighted by Crippen LogP contribution is -2.41. The molecule has 0 radical (unpaired) electrons. The fraction of sp³-hybridized carbons (Fsp3) is 0.400. The van der Waals surface area contributed by atoms with Gasteiger partial charge in [0.2, 0.25) is 0 Å². The lowest BCUT2D eigenvalue weighted by atomic mass is 9.60. The Kier molecular flexibility index (Phi) is 6.04. The largest absolute Gasteiger partial charge is 0.495 e. The fourth-order valence-electron chi connectivity index (χ4n) is 4.73. The third-order valence-electron chi connectivity index (χ3n) is 8.41. The molecule has 2 fully saturated rings. The van der Waals surface area contributed by atoms with Crippen LogP contribution in [0, 0.1) is 0 Å². The molecule has 5 rings (SSSR count). The highest BCUT2D eigenvalue weighted by molar-refractivity contribution is 6.82. The van der Waals surface area contributed by atoms with E-state index in [0.717, 1.165) is 27.5 Å². The number of hydrogen-bond donors (Lipinski definition) is 0. The first kappa shape index (κ1) is 25.3. The Morgan fingerprint density at radius 1 is 0.472 bits per heavy atom. The van der Waals surface area contributed by atoms with Crippen molar-refractivity contribution in [3.8, 4) is 0 Å². The van der Waals surface area contributed by atoms with Crippen molar-refractivity contribution in [3.63, 3.8) is 0 Å². The normalized spacial score (nSPS) is 22.7. The zero-order valence-corrected chi connectivity index (χ0v) is 22.7. The summed E-state index contributed by atoms with van der Waals surface area (Å²) in [5.41, 5.74) is 1.97. The lowest BCUT2D eigenvalue weighted by Gasteiger charge is -2.32. The molecule has 36 heavy (non-hydrogen) atoms. The van der Waals surface area contributed by atoms with Gasteiger partial charge in [-0.25, -0.2) is 0 Å². The Bertz CT molecular complexity index is 1280. The SMILES string of the molecule is CC1(C)OB(/C(=C(/B2OC(C)(C)C(C)(C)O2)c2ccc3ccccc3c2)c2ccccc2)OC1(C)C. The van der Waals surface area contributed by atoms with Crippen molar-refractivity contribution in [1.82, 2.24) is 0 Å². The van der Waals surface area contributed by atoms with E-state index >= 15 is 0 Å². The molecule has 0 N–H and O–H groups in total. The van der Waals surface area contributed by atoms with Crippen LogP contribution >= 0.6 is 0 Å². The van der Waals surface area contributed by atoms with Crippen molar-refractivity contribution in [2.24, 2.45) is 0 Å². The maximum absolute atomic E-state index is 6.67. The van der Waals surface area contributed by atoms with Crippen LogP contribution in [-0.2, 0) is 18.6 Å². The molecule has 0 bridgehead atoms. The van der Waals surface area contributed by atoms with E-state index in [-0.39, 0.29) is 0 Å². The molecule has 0 saturated carbocycles. The molecule has 0 spiro atoms. The third kappa shape index (κ3) is 4.24. The van der Waals surface area contributed by atoms with Gasteiger partial charge in [-0.15, -0.1) is 0 Å². The first-order chi connectivity index (χ1) is 16.8. The number of hydrogen-bond acceptors (Lipinski definition) is 4. The molecule has 186 valence electrons. The zero-order valence-electron chi connectivity index (χ0n) is 22.7. The minimum absolute atomic E-state index is 0.484. The summed E-state index contributed by atoms with van der Waals surface area (Å²) < 4.78 is 26.6. The van der Waals surface area contributed by atoms with Gasteiger partial charge in [-0.1, -0.05) is 66.7 Å². The average molecular weight is 482 g/mol. The van der Waals surface area contributed by atoms with Crippen LogP contribution in [0.2, 0.25) is 0 Å². The van der Waals surface area contributed by atoms with E-state index in [9.17, 15) is 0 Å². The zero-order chi connectivity index (χ0) is 25.9. The van der Waals surface area contributed by atoms with E-state index in [0.29, 0.717) is 0 Å². The molecule has 2 heterocycles. The van der Waals surface area contributed by atoms with E-state index in [1.807, 2.05) is 18.2 Å². The molecule has 4 nitrogen and oxygen atoms in total. The standard InChI is InChI=1S/C30H36B2O4/c1-27(2)28(3,4)34-31(33-27)25(22-15-10-9-11-16-22)26(32-35-29(5,6)30(7,8)36-32)24-19-18-21-14-12-13-17-23(21)20-24/h9-20H,1-8H3/b26-25+. The Morgan fingerprint density at radius 2 is 0.889 bits per heavy atom. The number of benzene rings is 3. The third-order valence-corrected chi connectivity index (χ3v) is 8.41. The van der Waals surface area contributed by atoms with Gasteiger partial charge in [0.25, 0.3) is 0 Å². The molecule has 0 atom stereocenters. The van der Waals surface area contributed by atoms with Crippen LogP contribution in [0.25, 0.3) is 21.7 Å². The Balaban J connectivity index is 1.79. The van der Waals surface area contributed by atoms with Crippen LogP contribution in [0.1, 0.15) is 66.5 Å². The van der Waals surface area contributed by atoms with Crippen LogP contribution < -0.4 is 0 Å². The summed E-state index contributed by atoms with van der Waals surface area (Å²) in [6, 6.07) is 25.2.